The fourth-order valence-corrected chi connectivity index (χ4v) is 5.25. The van der Waals surface area contributed by atoms with Gasteiger partial charge in [-0.1, -0.05) is 37.3 Å². The summed E-state index contributed by atoms with van der Waals surface area (Å²) in [5.74, 6) is 2.16. The molecule has 5 rings (SSSR count). The molecule has 2 aliphatic heterocycles. The van der Waals surface area contributed by atoms with Crippen molar-refractivity contribution in [2.75, 3.05) is 46.4 Å². The molecule has 0 radical (unpaired) electrons. The molecule has 0 saturated carbocycles. The Hall–Kier alpha value is -3.62. The van der Waals surface area contributed by atoms with Gasteiger partial charge in [-0.15, -0.1) is 0 Å². The number of hydrogen-bond acceptors (Lipinski definition) is 7. The van der Waals surface area contributed by atoms with Gasteiger partial charge >= 0.3 is 0 Å². The lowest BCUT2D eigenvalue weighted by molar-refractivity contribution is 0.0592. The first-order valence-electron chi connectivity index (χ1n) is 14.2. The maximum absolute atomic E-state index is 13.1. The summed E-state index contributed by atoms with van der Waals surface area (Å²) in [6.45, 7) is 6.78. The number of hydrogen-bond donors (Lipinski definition) is 1. The highest BCUT2D eigenvalue weighted by atomic mass is 16.5. The summed E-state index contributed by atoms with van der Waals surface area (Å²) < 4.78 is 17.6. The van der Waals surface area contributed by atoms with Crippen molar-refractivity contribution in [3.63, 3.8) is 0 Å². The van der Waals surface area contributed by atoms with Gasteiger partial charge in [0, 0.05) is 44.4 Å². The van der Waals surface area contributed by atoms with E-state index in [2.05, 4.69) is 47.1 Å². The molecule has 0 bridgehead atoms. The van der Waals surface area contributed by atoms with Gasteiger partial charge in [0.25, 0.3) is 5.91 Å². The van der Waals surface area contributed by atoms with Crippen LogP contribution in [0, 0.1) is 0 Å². The van der Waals surface area contributed by atoms with Crippen molar-refractivity contribution in [3.8, 4) is 17.2 Å². The summed E-state index contributed by atoms with van der Waals surface area (Å²) in [4.78, 5) is 21.4. The average Bonchev–Trinajstić information content (AvgIpc) is 2.96. The Morgan fingerprint density at radius 1 is 1.00 bits per heavy atom. The molecule has 0 spiro atoms. The van der Waals surface area contributed by atoms with Crippen LogP contribution in [0.15, 0.2) is 60.8 Å². The summed E-state index contributed by atoms with van der Waals surface area (Å²) in [5.41, 5.74) is 3.92. The molecule has 8 heteroatoms. The highest BCUT2D eigenvalue weighted by Gasteiger charge is 2.33. The first-order chi connectivity index (χ1) is 19.5. The van der Waals surface area contributed by atoms with E-state index < -0.39 is 0 Å². The maximum atomic E-state index is 13.1. The number of aliphatic hydroxyl groups excluding tert-OH is 1. The van der Waals surface area contributed by atoms with E-state index in [1.165, 1.54) is 5.56 Å². The van der Waals surface area contributed by atoms with Gasteiger partial charge in [-0.05, 0) is 60.7 Å². The maximum Gasteiger partial charge on any atom is 0.272 e. The third kappa shape index (κ3) is 6.92. The van der Waals surface area contributed by atoms with Crippen LogP contribution in [0.2, 0.25) is 0 Å². The molecule has 3 aromatic rings. The first-order valence-corrected chi connectivity index (χ1v) is 14.2. The van der Waals surface area contributed by atoms with E-state index in [0.717, 1.165) is 43.5 Å². The second-order valence-corrected chi connectivity index (χ2v) is 10.6. The van der Waals surface area contributed by atoms with Crippen LogP contribution in [-0.4, -0.2) is 78.3 Å². The van der Waals surface area contributed by atoms with E-state index in [1.54, 1.807) is 25.4 Å². The van der Waals surface area contributed by atoms with Crippen molar-refractivity contribution < 1.29 is 24.1 Å². The molecule has 2 saturated heterocycles. The number of likely N-dealkylation sites (tertiary alicyclic amines) is 2. The number of aromatic nitrogens is 1. The van der Waals surface area contributed by atoms with Crippen LogP contribution >= 0.6 is 0 Å². The Labute approximate surface area is 236 Å². The smallest absolute Gasteiger partial charge is 0.272 e. The Morgan fingerprint density at radius 2 is 1.80 bits per heavy atom. The van der Waals surface area contributed by atoms with E-state index in [9.17, 15) is 9.90 Å². The number of nitrogens with zero attached hydrogens (tertiary/aromatic N) is 3. The number of aryl methyl sites for hydroxylation is 1. The van der Waals surface area contributed by atoms with E-state index >= 15 is 0 Å². The third-order valence-corrected chi connectivity index (χ3v) is 7.76. The standard InChI is InChI=1S/C32H39N3O5/c1-3-23-6-8-24(9-7-23)22-40-30-11-10-25(17-31(30)38-2)26-19-35(20-26)32(37)29-18-28(12-13-33-29)39-16-15-34-14-4-5-27(36)21-34/h6-13,17-18,26-27,36H,3-5,14-16,19-22H2,1-2H3/t27-/m1/s1. The summed E-state index contributed by atoms with van der Waals surface area (Å²) in [6, 6.07) is 18.0. The second-order valence-electron chi connectivity index (χ2n) is 10.6. The van der Waals surface area contributed by atoms with E-state index in [1.807, 2.05) is 17.0 Å². The number of methoxy groups -OCH3 is 1. The van der Waals surface area contributed by atoms with Crippen LogP contribution in [0.5, 0.6) is 17.2 Å². The molecule has 2 aliphatic rings. The van der Waals surface area contributed by atoms with Gasteiger partial charge < -0.3 is 24.2 Å². The van der Waals surface area contributed by atoms with E-state index in [-0.39, 0.29) is 17.9 Å². The van der Waals surface area contributed by atoms with E-state index in [0.29, 0.717) is 55.8 Å². The zero-order valence-corrected chi connectivity index (χ0v) is 23.4. The monoisotopic (exact) mass is 545 g/mol. The van der Waals surface area contributed by atoms with Crippen molar-refractivity contribution in [2.24, 2.45) is 0 Å². The zero-order chi connectivity index (χ0) is 27.9. The lowest BCUT2D eigenvalue weighted by Gasteiger charge is -2.39. The number of aliphatic hydroxyl groups is 1. The van der Waals surface area contributed by atoms with Crippen LogP contribution in [0.1, 0.15) is 52.9 Å². The normalized spacial score (nSPS) is 17.8. The lowest BCUT2D eigenvalue weighted by atomic mass is 9.91. The topological polar surface area (TPSA) is 84.4 Å². The Morgan fingerprint density at radius 3 is 2.55 bits per heavy atom. The fourth-order valence-electron chi connectivity index (χ4n) is 5.25. The summed E-state index contributed by atoms with van der Waals surface area (Å²) in [5, 5.41) is 9.83. The lowest BCUT2D eigenvalue weighted by Crippen LogP contribution is -2.48. The Bertz CT molecular complexity index is 1280. The van der Waals surface area contributed by atoms with Crippen LogP contribution in [0.4, 0.5) is 0 Å². The quantitative estimate of drug-likeness (QED) is 0.385. The number of carbonyl (C=O) groups is 1. The van der Waals surface area contributed by atoms with Gasteiger partial charge in [-0.2, -0.15) is 0 Å². The Balaban J connectivity index is 1.11. The van der Waals surface area contributed by atoms with Crippen molar-refractivity contribution in [3.05, 3.63) is 83.2 Å². The number of benzene rings is 2. The molecule has 3 heterocycles. The molecule has 1 amide bonds. The molecule has 2 fully saturated rings. The molecule has 212 valence electrons. The van der Waals surface area contributed by atoms with Gasteiger partial charge in [-0.25, -0.2) is 0 Å². The van der Waals surface area contributed by atoms with Gasteiger partial charge in [0.1, 0.15) is 24.7 Å². The van der Waals surface area contributed by atoms with Crippen molar-refractivity contribution >= 4 is 5.91 Å². The summed E-state index contributed by atoms with van der Waals surface area (Å²) >= 11 is 0. The summed E-state index contributed by atoms with van der Waals surface area (Å²) in [6.07, 6.45) is 4.26. The SMILES string of the molecule is CCc1ccc(COc2ccc(C3CN(C(=O)c4cc(OCCN5CCC[C@@H](O)C5)ccn4)C3)cc2OC)cc1. The van der Waals surface area contributed by atoms with Gasteiger partial charge in [0.05, 0.1) is 13.2 Å². The minimum absolute atomic E-state index is 0.0955. The fraction of sp³-hybridized carbons (Fsp3) is 0.438. The molecule has 1 N–H and O–H groups in total. The van der Waals surface area contributed by atoms with Gasteiger partial charge in [0.2, 0.25) is 0 Å². The van der Waals surface area contributed by atoms with Gasteiger partial charge in [0.15, 0.2) is 11.5 Å². The minimum Gasteiger partial charge on any atom is -0.493 e. The molecule has 0 unspecified atom stereocenters. The number of β-amino-alcohol motifs (C(OH)–C–C–N with tert-alkyl or cyclic N) is 1. The molecular formula is C32H39N3O5. The largest absolute Gasteiger partial charge is 0.493 e. The van der Waals surface area contributed by atoms with Crippen molar-refractivity contribution in [2.45, 2.75) is 44.8 Å². The molecular weight excluding hydrogens is 506 g/mol. The van der Waals surface area contributed by atoms with E-state index in [4.69, 9.17) is 14.2 Å². The van der Waals surface area contributed by atoms with Gasteiger partial charge in [-0.3, -0.25) is 14.7 Å². The predicted molar refractivity (Wildman–Crippen MR) is 153 cm³/mol. The molecule has 1 atom stereocenters. The second kappa shape index (κ2) is 13.2. The molecule has 8 nitrogen and oxygen atoms in total. The Kier molecular flexibility index (Phi) is 9.19. The number of ether oxygens (including phenoxy) is 3. The zero-order valence-electron chi connectivity index (χ0n) is 23.4. The van der Waals surface area contributed by atoms with Crippen LogP contribution < -0.4 is 14.2 Å². The summed E-state index contributed by atoms with van der Waals surface area (Å²) in [7, 11) is 1.65. The highest BCUT2D eigenvalue weighted by Crippen LogP contribution is 2.35. The number of amides is 1. The van der Waals surface area contributed by atoms with Crippen LogP contribution in [-0.2, 0) is 13.0 Å². The van der Waals surface area contributed by atoms with Crippen LogP contribution in [0.3, 0.4) is 0 Å². The van der Waals surface area contributed by atoms with Crippen LogP contribution in [0.25, 0.3) is 0 Å². The average molecular weight is 546 g/mol. The number of rotatable bonds is 11. The molecule has 2 aromatic carbocycles. The predicted octanol–water partition coefficient (Wildman–Crippen LogP) is 4.31. The molecule has 40 heavy (non-hydrogen) atoms. The number of piperidine rings is 1. The first kappa shape index (κ1) is 27.9. The molecule has 1 aromatic heterocycles. The van der Waals surface area contributed by atoms with Crippen molar-refractivity contribution in [1.82, 2.24) is 14.8 Å². The van der Waals surface area contributed by atoms with Crippen molar-refractivity contribution in [1.29, 1.82) is 0 Å². The third-order valence-electron chi connectivity index (χ3n) is 7.76. The minimum atomic E-state index is -0.250. The highest BCUT2D eigenvalue weighted by molar-refractivity contribution is 5.93. The number of carbonyl (C=O) groups excluding carboxylic acids is 1. The molecule has 0 aliphatic carbocycles. The number of pyridine rings is 1.